The topological polar surface area (TPSA) is 47.6 Å². The lowest BCUT2D eigenvalue weighted by molar-refractivity contribution is 0.0305. The fraction of sp³-hybridized carbons (Fsp3) is 0.611. The Labute approximate surface area is 231 Å². The molecule has 2 aromatic rings. The normalized spacial score (nSPS) is 28.5. The van der Waals surface area contributed by atoms with Crippen LogP contribution in [0.2, 0.25) is 0 Å². The number of nitrogens with zero attached hydrogens (tertiary/aromatic N) is 2. The molecule has 2 aromatic carbocycles. The van der Waals surface area contributed by atoms with Crippen LogP contribution < -0.4 is 0 Å². The molecule has 6 rings (SSSR count). The first kappa shape index (κ1) is 27.0. The van der Waals surface area contributed by atoms with E-state index >= 15 is 0 Å². The van der Waals surface area contributed by atoms with Crippen molar-refractivity contribution in [1.82, 2.24) is 0 Å². The second-order valence-electron chi connectivity index (χ2n) is 13.0. The van der Waals surface area contributed by atoms with E-state index < -0.39 is 0 Å². The van der Waals surface area contributed by atoms with E-state index in [0.717, 1.165) is 35.4 Å². The second kappa shape index (κ2) is 11.7. The molecule has 2 bridgehead atoms. The van der Waals surface area contributed by atoms with Crippen molar-refractivity contribution in [3.8, 4) is 23.3 Å². The van der Waals surface area contributed by atoms with Crippen LogP contribution in [0.4, 0.5) is 0 Å². The van der Waals surface area contributed by atoms with Crippen LogP contribution >= 0.6 is 0 Å². The van der Waals surface area contributed by atoms with E-state index in [1.54, 1.807) is 0 Å². The van der Waals surface area contributed by atoms with E-state index in [1.165, 1.54) is 95.5 Å². The van der Waals surface area contributed by atoms with Gasteiger partial charge in [0.25, 0.3) is 0 Å². The van der Waals surface area contributed by atoms with Crippen LogP contribution in [0.3, 0.4) is 0 Å². The fourth-order valence-electron chi connectivity index (χ4n) is 8.43. The quantitative estimate of drug-likeness (QED) is 0.318. The van der Waals surface area contributed by atoms with Crippen molar-refractivity contribution in [1.29, 1.82) is 10.5 Å². The van der Waals surface area contributed by atoms with E-state index in [9.17, 15) is 10.5 Å². The summed E-state index contributed by atoms with van der Waals surface area (Å²) in [6.07, 6.45) is 21.1. The minimum absolute atomic E-state index is 0.349. The maximum Gasteiger partial charge on any atom is 0.101 e. The Morgan fingerprint density at radius 2 is 1.39 bits per heavy atom. The van der Waals surface area contributed by atoms with E-state index in [4.69, 9.17) is 0 Å². The van der Waals surface area contributed by atoms with Crippen molar-refractivity contribution in [3.63, 3.8) is 0 Å². The zero-order valence-electron chi connectivity index (χ0n) is 23.8. The standard InChI is InChI=1S/C36H46N2/c1-3-5-6-18-35-19-22-36(23-20-35,24-21-35)30-14-12-29(13-15-30)32-17-16-31(33(25-37)34(32)26-38)28-10-8-27(7-4-2)9-11-28/h12-17,27-28H,3-11,18-24H2,1-2H3. The van der Waals surface area contributed by atoms with Crippen LogP contribution in [0, 0.1) is 34.0 Å². The Hall–Kier alpha value is -2.58. The van der Waals surface area contributed by atoms with Gasteiger partial charge in [-0.3, -0.25) is 0 Å². The molecule has 0 amide bonds. The Morgan fingerprint density at radius 1 is 0.737 bits per heavy atom. The van der Waals surface area contributed by atoms with Gasteiger partial charge in [0.15, 0.2) is 0 Å². The summed E-state index contributed by atoms with van der Waals surface area (Å²) in [5, 5.41) is 20.3. The number of hydrogen-bond acceptors (Lipinski definition) is 2. The SMILES string of the molecule is CCCCCC12CCC(c3ccc(-c4ccc(C5CCC(CCC)CC5)c(C#N)c4C#N)cc3)(CC1)CC2. The number of benzene rings is 2. The first-order chi connectivity index (χ1) is 18.6. The van der Waals surface area contributed by atoms with E-state index in [0.29, 0.717) is 27.9 Å². The first-order valence-electron chi connectivity index (χ1n) is 15.6. The van der Waals surface area contributed by atoms with Crippen LogP contribution in [-0.2, 0) is 5.41 Å². The smallest absolute Gasteiger partial charge is 0.101 e. The third-order valence-corrected chi connectivity index (χ3v) is 11.0. The zero-order chi connectivity index (χ0) is 26.6. The van der Waals surface area contributed by atoms with Gasteiger partial charge in [0.05, 0.1) is 11.1 Å². The molecule has 0 N–H and O–H groups in total. The summed E-state index contributed by atoms with van der Waals surface area (Å²) in [5.74, 6) is 1.24. The van der Waals surface area contributed by atoms with Gasteiger partial charge in [-0.05, 0) is 110 Å². The summed E-state index contributed by atoms with van der Waals surface area (Å²) in [4.78, 5) is 0. The van der Waals surface area contributed by atoms with E-state index in [1.807, 2.05) is 0 Å². The van der Waals surface area contributed by atoms with Crippen LogP contribution in [0.15, 0.2) is 36.4 Å². The minimum atomic E-state index is 0.349. The Kier molecular flexibility index (Phi) is 8.29. The molecule has 0 atom stereocenters. The summed E-state index contributed by atoms with van der Waals surface area (Å²) in [6.45, 7) is 4.58. The molecule has 200 valence electrons. The molecular formula is C36H46N2. The molecule has 0 radical (unpaired) electrons. The lowest BCUT2D eigenvalue weighted by Crippen LogP contribution is -2.44. The number of nitriles is 2. The minimum Gasteiger partial charge on any atom is -0.192 e. The molecule has 0 aromatic heterocycles. The fourth-order valence-corrected chi connectivity index (χ4v) is 8.43. The van der Waals surface area contributed by atoms with Gasteiger partial charge in [-0.25, -0.2) is 0 Å². The van der Waals surface area contributed by atoms with Crippen molar-refractivity contribution in [2.75, 3.05) is 0 Å². The van der Waals surface area contributed by atoms with Crippen molar-refractivity contribution >= 4 is 0 Å². The zero-order valence-corrected chi connectivity index (χ0v) is 23.8. The highest BCUT2D eigenvalue weighted by Gasteiger charge is 2.48. The molecule has 0 spiro atoms. The lowest BCUT2D eigenvalue weighted by Gasteiger charge is -2.54. The number of fused-ring (bicyclic) bond motifs is 3. The number of hydrogen-bond donors (Lipinski definition) is 0. The van der Waals surface area contributed by atoms with Gasteiger partial charge in [0, 0.05) is 5.56 Å². The van der Waals surface area contributed by atoms with Crippen LogP contribution in [0.1, 0.15) is 145 Å². The van der Waals surface area contributed by atoms with Gasteiger partial charge in [-0.1, -0.05) is 82.3 Å². The molecule has 0 saturated heterocycles. The lowest BCUT2D eigenvalue weighted by atomic mass is 9.51. The highest BCUT2D eigenvalue weighted by molar-refractivity contribution is 5.75. The Balaban J connectivity index is 1.33. The predicted octanol–water partition coefficient (Wildman–Crippen LogP) is 10.3. The van der Waals surface area contributed by atoms with Gasteiger partial charge in [-0.2, -0.15) is 10.5 Å². The first-order valence-corrected chi connectivity index (χ1v) is 15.6. The summed E-state index contributed by atoms with van der Waals surface area (Å²) in [6, 6.07) is 18.2. The molecule has 2 heteroatoms. The molecule has 0 heterocycles. The maximum absolute atomic E-state index is 10.2. The molecule has 4 aliphatic carbocycles. The van der Waals surface area contributed by atoms with Gasteiger partial charge in [0.2, 0.25) is 0 Å². The Morgan fingerprint density at radius 3 is 1.97 bits per heavy atom. The van der Waals surface area contributed by atoms with Crippen molar-refractivity contribution < 1.29 is 0 Å². The van der Waals surface area contributed by atoms with Crippen molar-refractivity contribution in [2.45, 2.75) is 128 Å². The average Bonchev–Trinajstić information content (AvgIpc) is 2.98. The second-order valence-corrected chi connectivity index (χ2v) is 13.0. The molecular weight excluding hydrogens is 460 g/mol. The molecule has 2 nitrogen and oxygen atoms in total. The molecule has 38 heavy (non-hydrogen) atoms. The Bertz CT molecular complexity index is 1160. The van der Waals surface area contributed by atoms with Gasteiger partial charge < -0.3 is 0 Å². The highest BCUT2D eigenvalue weighted by Crippen LogP contribution is 2.59. The molecule has 0 aliphatic heterocycles. The van der Waals surface area contributed by atoms with E-state index in [2.05, 4.69) is 62.4 Å². The monoisotopic (exact) mass is 506 g/mol. The predicted molar refractivity (Wildman–Crippen MR) is 157 cm³/mol. The summed E-state index contributed by atoms with van der Waals surface area (Å²) in [7, 11) is 0. The van der Waals surface area contributed by atoms with Gasteiger partial charge in [0.1, 0.15) is 12.1 Å². The summed E-state index contributed by atoms with van der Waals surface area (Å²) < 4.78 is 0. The maximum atomic E-state index is 10.2. The molecule has 4 aliphatic rings. The van der Waals surface area contributed by atoms with E-state index in [-0.39, 0.29) is 0 Å². The van der Waals surface area contributed by atoms with Crippen molar-refractivity contribution in [3.05, 3.63) is 58.7 Å². The number of rotatable bonds is 9. The van der Waals surface area contributed by atoms with Gasteiger partial charge in [-0.15, -0.1) is 0 Å². The van der Waals surface area contributed by atoms with Crippen molar-refractivity contribution in [2.24, 2.45) is 11.3 Å². The molecule has 0 unspecified atom stereocenters. The van der Waals surface area contributed by atoms with Gasteiger partial charge >= 0.3 is 0 Å². The van der Waals surface area contributed by atoms with Crippen LogP contribution in [0.25, 0.3) is 11.1 Å². The highest BCUT2D eigenvalue weighted by atomic mass is 14.5. The number of unbranched alkanes of at least 4 members (excludes halogenated alkanes) is 2. The van der Waals surface area contributed by atoms with Crippen LogP contribution in [-0.4, -0.2) is 0 Å². The third-order valence-electron chi connectivity index (χ3n) is 11.0. The van der Waals surface area contributed by atoms with Crippen LogP contribution in [0.5, 0.6) is 0 Å². The molecule has 4 saturated carbocycles. The largest absolute Gasteiger partial charge is 0.192 e. The summed E-state index contributed by atoms with van der Waals surface area (Å²) in [5.41, 5.74) is 6.73. The summed E-state index contributed by atoms with van der Waals surface area (Å²) >= 11 is 0. The average molecular weight is 507 g/mol. The molecule has 4 fully saturated rings. The third kappa shape index (κ3) is 5.17.